The van der Waals surface area contributed by atoms with Gasteiger partial charge in [-0.05, 0) is 36.1 Å². The van der Waals surface area contributed by atoms with E-state index in [2.05, 4.69) is 6.92 Å². The smallest absolute Gasteiger partial charge is 0.0453 e. The van der Waals surface area contributed by atoms with Gasteiger partial charge in [-0.1, -0.05) is 66.5 Å². The normalized spacial score (nSPS) is 14.1. The summed E-state index contributed by atoms with van der Waals surface area (Å²) in [6, 6.07) is 15.6. The molecule has 100 valence electrons. The lowest BCUT2D eigenvalue weighted by molar-refractivity contribution is 0.425. The predicted octanol–water partition coefficient (Wildman–Crippen LogP) is 4.80. The standard InChI is InChI=1S/C16H17Cl2N/c1-2-16(19,12-7-4-3-5-8-12)11-13-14(17)9-6-10-15(13)18/h3-10H,2,11,19H2,1H3. The molecular weight excluding hydrogens is 277 g/mol. The topological polar surface area (TPSA) is 26.0 Å². The van der Waals surface area contributed by atoms with Crippen LogP contribution in [0.2, 0.25) is 10.0 Å². The molecule has 19 heavy (non-hydrogen) atoms. The molecule has 0 radical (unpaired) electrons. The van der Waals surface area contributed by atoms with Gasteiger partial charge in [-0.25, -0.2) is 0 Å². The summed E-state index contributed by atoms with van der Waals surface area (Å²) in [5, 5.41) is 1.35. The fraction of sp³-hybridized carbons (Fsp3) is 0.250. The van der Waals surface area contributed by atoms with Gasteiger partial charge in [0.05, 0.1) is 0 Å². The van der Waals surface area contributed by atoms with E-state index in [4.69, 9.17) is 28.9 Å². The van der Waals surface area contributed by atoms with E-state index in [9.17, 15) is 0 Å². The fourth-order valence-electron chi connectivity index (χ4n) is 2.22. The summed E-state index contributed by atoms with van der Waals surface area (Å²) in [5.74, 6) is 0. The third-order valence-corrected chi connectivity index (χ3v) is 4.24. The maximum atomic E-state index is 6.57. The van der Waals surface area contributed by atoms with Crippen molar-refractivity contribution in [2.75, 3.05) is 0 Å². The molecule has 1 unspecified atom stereocenters. The van der Waals surface area contributed by atoms with Gasteiger partial charge in [-0.15, -0.1) is 0 Å². The van der Waals surface area contributed by atoms with Crippen LogP contribution in [0.1, 0.15) is 24.5 Å². The van der Waals surface area contributed by atoms with Crippen LogP contribution in [0, 0.1) is 0 Å². The zero-order valence-electron chi connectivity index (χ0n) is 10.9. The zero-order valence-corrected chi connectivity index (χ0v) is 12.4. The number of benzene rings is 2. The van der Waals surface area contributed by atoms with Gasteiger partial charge in [0, 0.05) is 15.6 Å². The van der Waals surface area contributed by atoms with Crippen molar-refractivity contribution in [3.05, 3.63) is 69.7 Å². The van der Waals surface area contributed by atoms with E-state index >= 15 is 0 Å². The maximum absolute atomic E-state index is 6.57. The molecule has 0 aliphatic rings. The summed E-state index contributed by atoms with van der Waals surface area (Å²) < 4.78 is 0. The van der Waals surface area contributed by atoms with Crippen LogP contribution in [0.5, 0.6) is 0 Å². The predicted molar refractivity (Wildman–Crippen MR) is 82.8 cm³/mol. The zero-order chi connectivity index (χ0) is 13.9. The highest BCUT2D eigenvalue weighted by Gasteiger charge is 2.27. The highest BCUT2D eigenvalue weighted by molar-refractivity contribution is 6.36. The van der Waals surface area contributed by atoms with E-state index in [1.807, 2.05) is 48.5 Å². The van der Waals surface area contributed by atoms with Crippen molar-refractivity contribution in [1.29, 1.82) is 0 Å². The van der Waals surface area contributed by atoms with Crippen molar-refractivity contribution >= 4 is 23.2 Å². The molecule has 0 aliphatic carbocycles. The Morgan fingerprint density at radius 3 is 2.05 bits per heavy atom. The van der Waals surface area contributed by atoms with E-state index in [-0.39, 0.29) is 0 Å². The molecule has 0 amide bonds. The number of rotatable bonds is 4. The Bertz CT molecular complexity index is 534. The van der Waals surface area contributed by atoms with E-state index in [1.54, 1.807) is 0 Å². The second-order valence-corrected chi connectivity index (χ2v) is 5.57. The minimum Gasteiger partial charge on any atom is -0.321 e. The largest absolute Gasteiger partial charge is 0.321 e. The minimum absolute atomic E-state index is 0.449. The Hall–Kier alpha value is -1.02. The molecule has 0 heterocycles. The molecule has 1 nitrogen and oxygen atoms in total. The number of hydrogen-bond acceptors (Lipinski definition) is 1. The van der Waals surface area contributed by atoms with Crippen LogP contribution >= 0.6 is 23.2 Å². The van der Waals surface area contributed by atoms with Crippen molar-refractivity contribution in [3.63, 3.8) is 0 Å². The fourth-order valence-corrected chi connectivity index (χ4v) is 2.75. The van der Waals surface area contributed by atoms with Gasteiger partial charge in [-0.3, -0.25) is 0 Å². The van der Waals surface area contributed by atoms with Gasteiger partial charge in [-0.2, -0.15) is 0 Å². The van der Waals surface area contributed by atoms with Crippen LogP contribution in [0.4, 0.5) is 0 Å². The summed E-state index contributed by atoms with van der Waals surface area (Å²) in [6.07, 6.45) is 1.45. The summed E-state index contributed by atoms with van der Waals surface area (Å²) in [5.41, 5.74) is 8.14. The Morgan fingerprint density at radius 2 is 1.53 bits per heavy atom. The first kappa shape index (κ1) is 14.4. The minimum atomic E-state index is -0.449. The van der Waals surface area contributed by atoms with Crippen LogP contribution in [0.15, 0.2) is 48.5 Å². The molecule has 2 aromatic rings. The maximum Gasteiger partial charge on any atom is 0.0453 e. The van der Waals surface area contributed by atoms with Crippen molar-refractivity contribution in [1.82, 2.24) is 0 Å². The lowest BCUT2D eigenvalue weighted by atomic mass is 9.82. The Balaban J connectivity index is 2.39. The Kier molecular flexibility index (Phi) is 4.51. The quantitative estimate of drug-likeness (QED) is 0.861. The molecule has 0 fully saturated rings. The SMILES string of the molecule is CCC(N)(Cc1c(Cl)cccc1Cl)c1ccccc1. The van der Waals surface area contributed by atoms with Crippen LogP contribution in [-0.2, 0) is 12.0 Å². The van der Waals surface area contributed by atoms with Crippen LogP contribution < -0.4 is 5.73 Å². The first-order valence-corrected chi connectivity index (χ1v) is 7.10. The van der Waals surface area contributed by atoms with Crippen LogP contribution in [-0.4, -0.2) is 0 Å². The van der Waals surface area contributed by atoms with Gasteiger partial charge in [0.15, 0.2) is 0 Å². The van der Waals surface area contributed by atoms with Crippen molar-refractivity contribution in [2.24, 2.45) is 5.73 Å². The molecule has 3 heteroatoms. The first-order valence-electron chi connectivity index (χ1n) is 6.34. The molecule has 0 bridgehead atoms. The summed E-state index contributed by atoms with van der Waals surface area (Å²) in [4.78, 5) is 0. The van der Waals surface area contributed by atoms with Gasteiger partial charge < -0.3 is 5.73 Å². The second kappa shape index (κ2) is 5.96. The van der Waals surface area contributed by atoms with E-state index in [0.717, 1.165) is 17.5 Å². The van der Waals surface area contributed by atoms with E-state index < -0.39 is 5.54 Å². The number of hydrogen-bond donors (Lipinski definition) is 1. The monoisotopic (exact) mass is 293 g/mol. The average Bonchev–Trinajstić information content (AvgIpc) is 2.44. The molecule has 0 saturated heterocycles. The number of halogens is 2. The molecule has 2 aromatic carbocycles. The Labute approximate surface area is 124 Å². The van der Waals surface area contributed by atoms with Gasteiger partial charge in [0.25, 0.3) is 0 Å². The van der Waals surface area contributed by atoms with Crippen molar-refractivity contribution in [2.45, 2.75) is 25.3 Å². The molecule has 0 aromatic heterocycles. The molecule has 0 aliphatic heterocycles. The van der Waals surface area contributed by atoms with Crippen LogP contribution in [0.3, 0.4) is 0 Å². The summed E-state index contributed by atoms with van der Waals surface area (Å²) in [6.45, 7) is 2.08. The first-order chi connectivity index (χ1) is 9.07. The van der Waals surface area contributed by atoms with Crippen molar-refractivity contribution in [3.8, 4) is 0 Å². The highest BCUT2D eigenvalue weighted by Crippen LogP contribution is 2.33. The van der Waals surface area contributed by atoms with Gasteiger partial charge in [0.1, 0.15) is 0 Å². The van der Waals surface area contributed by atoms with E-state index in [0.29, 0.717) is 16.5 Å². The number of nitrogens with two attached hydrogens (primary N) is 1. The molecule has 0 saturated carbocycles. The lowest BCUT2D eigenvalue weighted by Crippen LogP contribution is -2.38. The van der Waals surface area contributed by atoms with Crippen LogP contribution in [0.25, 0.3) is 0 Å². The molecule has 2 rings (SSSR count). The molecule has 2 N–H and O–H groups in total. The Morgan fingerprint density at radius 1 is 0.947 bits per heavy atom. The molecule has 1 atom stereocenters. The molecule has 0 spiro atoms. The average molecular weight is 294 g/mol. The highest BCUT2D eigenvalue weighted by atomic mass is 35.5. The third kappa shape index (κ3) is 3.11. The van der Waals surface area contributed by atoms with Gasteiger partial charge >= 0.3 is 0 Å². The summed E-state index contributed by atoms with van der Waals surface area (Å²) in [7, 11) is 0. The third-order valence-electron chi connectivity index (χ3n) is 3.53. The summed E-state index contributed by atoms with van der Waals surface area (Å²) >= 11 is 12.5. The lowest BCUT2D eigenvalue weighted by Gasteiger charge is -2.29. The van der Waals surface area contributed by atoms with Crippen molar-refractivity contribution < 1.29 is 0 Å². The molecular formula is C16H17Cl2N. The van der Waals surface area contributed by atoms with E-state index in [1.165, 1.54) is 0 Å². The van der Waals surface area contributed by atoms with Gasteiger partial charge in [0.2, 0.25) is 0 Å². The second-order valence-electron chi connectivity index (χ2n) is 4.75.